The summed E-state index contributed by atoms with van der Waals surface area (Å²) >= 11 is 3.20. The summed E-state index contributed by atoms with van der Waals surface area (Å²) in [5.74, 6) is 0.172. The van der Waals surface area contributed by atoms with Crippen LogP contribution in [0.15, 0.2) is 16.8 Å². The van der Waals surface area contributed by atoms with Gasteiger partial charge in [-0.2, -0.15) is 11.3 Å². The first-order chi connectivity index (χ1) is 10.7. The normalized spacial score (nSPS) is 15.9. The molecule has 0 saturated heterocycles. The largest absolute Gasteiger partial charge is 0.335 e. The number of aryl methyl sites for hydroxylation is 1. The quantitative estimate of drug-likeness (QED) is 0.790. The first-order valence-electron chi connectivity index (χ1n) is 8.01. The highest BCUT2D eigenvalue weighted by Crippen LogP contribution is 2.31. The van der Waals surface area contributed by atoms with Gasteiger partial charge in [0.1, 0.15) is 9.88 Å². The van der Waals surface area contributed by atoms with E-state index in [2.05, 4.69) is 28.3 Å². The van der Waals surface area contributed by atoms with Crippen molar-refractivity contribution in [3.05, 3.63) is 27.4 Å². The Labute approximate surface area is 140 Å². The van der Waals surface area contributed by atoms with Crippen molar-refractivity contribution >= 4 is 28.6 Å². The summed E-state index contributed by atoms with van der Waals surface area (Å²) < 4.78 is 0. The molecule has 2 aromatic heterocycles. The smallest absolute Gasteiger partial charge is 0.266 e. The maximum atomic E-state index is 13.0. The predicted molar refractivity (Wildman–Crippen MR) is 93.7 cm³/mol. The minimum atomic E-state index is 0.172. The molecule has 5 heteroatoms. The average molecular weight is 335 g/mol. The maximum absolute atomic E-state index is 13.0. The molecule has 118 valence electrons. The number of thiophene rings is 1. The lowest BCUT2D eigenvalue weighted by Crippen LogP contribution is -2.41. The lowest BCUT2D eigenvalue weighted by molar-refractivity contribution is 0.0652. The van der Waals surface area contributed by atoms with Crippen molar-refractivity contribution in [2.75, 3.05) is 6.54 Å². The van der Waals surface area contributed by atoms with Crippen LogP contribution in [0.4, 0.5) is 0 Å². The lowest BCUT2D eigenvalue weighted by Gasteiger charge is -2.33. The maximum Gasteiger partial charge on any atom is 0.266 e. The Kier molecular flexibility index (Phi) is 4.93. The zero-order valence-corrected chi connectivity index (χ0v) is 14.8. The van der Waals surface area contributed by atoms with Crippen LogP contribution in [-0.4, -0.2) is 28.4 Å². The number of thiazole rings is 1. The Hall–Kier alpha value is -1.20. The molecule has 22 heavy (non-hydrogen) atoms. The summed E-state index contributed by atoms with van der Waals surface area (Å²) in [4.78, 5) is 20.5. The summed E-state index contributed by atoms with van der Waals surface area (Å²) in [7, 11) is 0. The molecule has 1 aliphatic rings. The van der Waals surface area contributed by atoms with Crippen LogP contribution in [0.1, 0.15) is 54.4 Å². The highest BCUT2D eigenvalue weighted by atomic mass is 32.1. The van der Waals surface area contributed by atoms with E-state index in [0.717, 1.165) is 40.5 Å². The van der Waals surface area contributed by atoms with Gasteiger partial charge in [0.2, 0.25) is 0 Å². The Bertz CT molecular complexity index is 627. The molecule has 0 unspecified atom stereocenters. The standard InChI is InChI=1S/C17H22N2OS2/c1-3-19(14-7-5-4-6-8-14)17(20)15-12(2)18-16(22-15)13-9-10-21-11-13/h9-11,14H,3-8H2,1-2H3. The molecular formula is C17H22N2OS2. The Morgan fingerprint density at radius 2 is 2.14 bits per heavy atom. The summed E-state index contributed by atoms with van der Waals surface area (Å²) in [5.41, 5.74) is 1.99. The van der Waals surface area contributed by atoms with E-state index >= 15 is 0 Å². The van der Waals surface area contributed by atoms with Gasteiger partial charge in [-0.05, 0) is 38.1 Å². The second kappa shape index (κ2) is 6.92. The molecule has 1 amide bonds. The SMILES string of the molecule is CCN(C(=O)c1sc(-c2ccsc2)nc1C)C1CCCCC1. The van der Waals surface area contributed by atoms with Crippen molar-refractivity contribution in [3.8, 4) is 10.6 Å². The number of hydrogen-bond acceptors (Lipinski definition) is 4. The van der Waals surface area contributed by atoms with Gasteiger partial charge in [-0.1, -0.05) is 19.3 Å². The van der Waals surface area contributed by atoms with Gasteiger partial charge >= 0.3 is 0 Å². The Balaban J connectivity index is 1.84. The van der Waals surface area contributed by atoms with Gasteiger partial charge < -0.3 is 4.90 Å². The van der Waals surface area contributed by atoms with Gasteiger partial charge in [0, 0.05) is 23.5 Å². The second-order valence-corrected chi connectivity index (χ2v) is 7.61. The van der Waals surface area contributed by atoms with Crippen LogP contribution in [-0.2, 0) is 0 Å². The number of rotatable bonds is 4. The van der Waals surface area contributed by atoms with Crippen LogP contribution in [0.3, 0.4) is 0 Å². The van der Waals surface area contributed by atoms with E-state index in [9.17, 15) is 4.79 Å². The fourth-order valence-electron chi connectivity index (χ4n) is 3.20. The van der Waals surface area contributed by atoms with E-state index in [1.54, 1.807) is 11.3 Å². The van der Waals surface area contributed by atoms with Crippen molar-refractivity contribution in [1.82, 2.24) is 9.88 Å². The third-order valence-electron chi connectivity index (χ3n) is 4.38. The fraction of sp³-hybridized carbons (Fsp3) is 0.529. The summed E-state index contributed by atoms with van der Waals surface area (Å²) in [5, 5.41) is 5.10. The number of carbonyl (C=O) groups is 1. The molecule has 3 rings (SSSR count). The van der Waals surface area contributed by atoms with Gasteiger partial charge in [-0.3, -0.25) is 4.79 Å². The Morgan fingerprint density at radius 1 is 1.36 bits per heavy atom. The van der Waals surface area contributed by atoms with Crippen LogP contribution in [0, 0.1) is 6.92 Å². The monoisotopic (exact) mass is 334 g/mol. The van der Waals surface area contributed by atoms with Crippen molar-refractivity contribution in [2.45, 2.75) is 52.0 Å². The Morgan fingerprint density at radius 3 is 2.77 bits per heavy atom. The average Bonchev–Trinajstić information content (AvgIpc) is 3.18. The topological polar surface area (TPSA) is 33.2 Å². The first-order valence-corrected chi connectivity index (χ1v) is 9.77. The number of nitrogens with zero attached hydrogens (tertiary/aromatic N) is 2. The molecule has 0 aliphatic heterocycles. The second-order valence-electron chi connectivity index (χ2n) is 5.83. The van der Waals surface area contributed by atoms with Crippen molar-refractivity contribution < 1.29 is 4.79 Å². The van der Waals surface area contributed by atoms with E-state index in [0.29, 0.717) is 6.04 Å². The van der Waals surface area contributed by atoms with E-state index in [1.165, 1.54) is 30.6 Å². The molecule has 0 spiro atoms. The zero-order valence-electron chi connectivity index (χ0n) is 13.2. The molecule has 0 N–H and O–H groups in total. The summed E-state index contributed by atoms with van der Waals surface area (Å²) in [6.45, 7) is 4.82. The molecule has 2 heterocycles. The van der Waals surface area contributed by atoms with Crippen LogP contribution >= 0.6 is 22.7 Å². The van der Waals surface area contributed by atoms with Crippen molar-refractivity contribution in [2.24, 2.45) is 0 Å². The lowest BCUT2D eigenvalue weighted by atomic mass is 9.94. The highest BCUT2D eigenvalue weighted by molar-refractivity contribution is 7.17. The molecular weight excluding hydrogens is 312 g/mol. The summed E-state index contributed by atoms with van der Waals surface area (Å²) in [6, 6.07) is 2.48. The summed E-state index contributed by atoms with van der Waals surface area (Å²) in [6.07, 6.45) is 6.10. The van der Waals surface area contributed by atoms with Gasteiger partial charge in [0.05, 0.1) is 5.69 Å². The van der Waals surface area contributed by atoms with Gasteiger partial charge in [-0.15, -0.1) is 11.3 Å². The van der Waals surface area contributed by atoms with Crippen LogP contribution in [0.2, 0.25) is 0 Å². The molecule has 2 aromatic rings. The number of carbonyl (C=O) groups excluding carboxylic acids is 1. The van der Waals surface area contributed by atoms with E-state index in [1.807, 2.05) is 12.3 Å². The van der Waals surface area contributed by atoms with Crippen molar-refractivity contribution in [1.29, 1.82) is 0 Å². The van der Waals surface area contributed by atoms with E-state index < -0.39 is 0 Å². The molecule has 1 aliphatic carbocycles. The van der Waals surface area contributed by atoms with Gasteiger partial charge in [0.15, 0.2) is 0 Å². The van der Waals surface area contributed by atoms with Crippen LogP contribution in [0.5, 0.6) is 0 Å². The molecule has 1 fully saturated rings. The third kappa shape index (κ3) is 3.10. The molecule has 3 nitrogen and oxygen atoms in total. The van der Waals surface area contributed by atoms with E-state index in [-0.39, 0.29) is 5.91 Å². The van der Waals surface area contributed by atoms with Crippen LogP contribution < -0.4 is 0 Å². The minimum absolute atomic E-state index is 0.172. The van der Waals surface area contributed by atoms with Crippen LogP contribution in [0.25, 0.3) is 10.6 Å². The predicted octanol–water partition coefficient (Wildman–Crippen LogP) is 4.97. The molecule has 0 bridgehead atoms. The zero-order chi connectivity index (χ0) is 15.5. The molecule has 0 aromatic carbocycles. The number of aromatic nitrogens is 1. The van der Waals surface area contributed by atoms with Crippen molar-refractivity contribution in [3.63, 3.8) is 0 Å². The van der Waals surface area contributed by atoms with Gasteiger partial charge in [0.25, 0.3) is 5.91 Å². The van der Waals surface area contributed by atoms with E-state index in [4.69, 9.17) is 0 Å². The third-order valence-corrected chi connectivity index (χ3v) is 6.25. The highest BCUT2D eigenvalue weighted by Gasteiger charge is 2.27. The minimum Gasteiger partial charge on any atom is -0.335 e. The molecule has 1 saturated carbocycles. The molecule has 0 atom stereocenters. The fourth-order valence-corrected chi connectivity index (χ4v) is 4.93. The van der Waals surface area contributed by atoms with Gasteiger partial charge in [-0.25, -0.2) is 4.98 Å². The first kappa shape index (κ1) is 15.7. The molecule has 0 radical (unpaired) electrons. The number of amides is 1. The number of hydrogen-bond donors (Lipinski definition) is 0.